The maximum absolute atomic E-state index is 12.1. The molecule has 0 aliphatic carbocycles. The van der Waals surface area contributed by atoms with E-state index < -0.39 is 98.7 Å². The third-order valence-electron chi connectivity index (χ3n) is 7.98. The van der Waals surface area contributed by atoms with Crippen LogP contribution in [-0.4, -0.2) is 170 Å². The molecule has 436 valence electrons. The topological polar surface area (TPSA) is 365 Å². The second kappa shape index (κ2) is 35.2. The molecule has 4 unspecified atom stereocenters. The summed E-state index contributed by atoms with van der Waals surface area (Å²) in [6.07, 6.45) is -0.756. The predicted molar refractivity (Wildman–Crippen MR) is 217 cm³/mol. The number of halogens is 12. The SMILES string of the molecule is O=S(=O)(N=C([O-])CCOCC1CO1)C(F)(F)F.O=S(=O)(N=C([O-])COCC1CO1)C(F)(F)F.O=S(=O)(N=C([O-])c1ccc(OCC2CO2)cc1)C(F)(F)F.O=S(=O)(N=C([O-])c1cccc(OCC2CO2)c1)C(F)(F)F.[Ag+].[K+].[K+].[K+]. The quantitative estimate of drug-likeness (QED) is 0.0280. The summed E-state index contributed by atoms with van der Waals surface area (Å²) in [7, 11) is -23.2. The van der Waals surface area contributed by atoms with Crippen LogP contribution in [0.15, 0.2) is 66.1 Å². The van der Waals surface area contributed by atoms with Crippen LogP contribution in [0.25, 0.3) is 0 Å². The van der Waals surface area contributed by atoms with Crippen molar-refractivity contribution < 1.29 is 321 Å². The Kier molecular flexibility index (Phi) is 36.2. The number of epoxide rings is 4. The van der Waals surface area contributed by atoms with Gasteiger partial charge in [0, 0.05) is 17.7 Å². The molecule has 4 atom stereocenters. The summed E-state index contributed by atoms with van der Waals surface area (Å²) in [5.41, 5.74) is -22.9. The molecule has 4 aliphatic rings. The Morgan fingerprint density at radius 3 is 1.22 bits per heavy atom. The van der Waals surface area contributed by atoms with Crippen LogP contribution in [0.1, 0.15) is 17.5 Å². The van der Waals surface area contributed by atoms with Gasteiger partial charge in [-0.2, -0.15) is 104 Å². The molecule has 0 N–H and O–H groups in total. The van der Waals surface area contributed by atoms with Gasteiger partial charge in [-0.3, -0.25) is 0 Å². The van der Waals surface area contributed by atoms with Gasteiger partial charge in [0.2, 0.25) is 0 Å². The minimum Gasteiger partial charge on any atom is -0.861 e. The first-order valence-corrected chi connectivity index (χ1v) is 25.5. The third kappa shape index (κ3) is 32.0. The van der Waals surface area contributed by atoms with E-state index in [-0.39, 0.29) is 244 Å². The van der Waals surface area contributed by atoms with Crippen molar-refractivity contribution in [3.63, 3.8) is 0 Å². The molecule has 0 saturated carbocycles. The standard InChI is InChI=1S/2C11H10F3NO5S.C7H10F3NO5S.C6H8F3NO5S.Ag.3K/c12-11(13,14)21(17,18)15-10(16)7-1-3-8(4-2-7)19-5-9-6-20-9;12-11(13,14)21(17,18)15-10(16)7-2-1-3-8(4-7)19-5-9-6-20-9;8-7(9,10)17(13,14)11-6(12)1-2-15-3-5-4-16-5;7-6(8,9)16(12,13)10-5(11)3-14-1-4-2-15-4;;;;/h2*1-4,9H,5-6H2,(H,15,16);5H,1-4H2,(H,11,12);4H,1-3H2,(H,10,11);;;;/q;;;;4*+1/p-4. The fourth-order valence-electron chi connectivity index (χ4n) is 3.97. The molecule has 0 amide bonds. The summed E-state index contributed by atoms with van der Waals surface area (Å²) in [4.78, 5) is 0. The summed E-state index contributed by atoms with van der Waals surface area (Å²) in [6.45, 7) is 1.92. The van der Waals surface area contributed by atoms with Crippen molar-refractivity contribution in [3.05, 3.63) is 59.7 Å². The summed E-state index contributed by atoms with van der Waals surface area (Å²) >= 11 is 0. The van der Waals surface area contributed by atoms with Crippen LogP contribution in [0.4, 0.5) is 52.7 Å². The number of alkyl halides is 12. The van der Waals surface area contributed by atoms with Crippen molar-refractivity contribution in [3.8, 4) is 11.5 Å². The molecule has 24 nitrogen and oxygen atoms in total. The summed E-state index contributed by atoms with van der Waals surface area (Å²) < 4.78 is 276. The normalized spacial score (nSPS) is 19.4. The van der Waals surface area contributed by atoms with Crippen molar-refractivity contribution in [2.75, 3.05) is 66.1 Å². The Balaban J connectivity index is 0. The average Bonchev–Trinajstić information content (AvgIpc) is 4.06. The fraction of sp³-hybridized carbons (Fsp3) is 0.543. The molecule has 2 aromatic rings. The molecule has 6 rings (SSSR count). The Morgan fingerprint density at radius 2 is 0.823 bits per heavy atom. The van der Waals surface area contributed by atoms with Crippen molar-refractivity contribution in [1.82, 2.24) is 0 Å². The average molecular weight is 1410 g/mol. The van der Waals surface area contributed by atoms with E-state index in [1.165, 1.54) is 24.3 Å². The number of rotatable bonds is 21. The number of nitrogens with zero attached hydrogens (tertiary/aromatic N) is 4. The first-order chi connectivity index (χ1) is 34.3. The van der Waals surface area contributed by atoms with Gasteiger partial charge in [0.05, 0.1) is 52.9 Å². The first kappa shape index (κ1) is 81.4. The molecule has 4 aliphatic heterocycles. The van der Waals surface area contributed by atoms with Gasteiger partial charge in [-0.15, -0.1) is 0 Å². The van der Waals surface area contributed by atoms with Gasteiger partial charge in [-0.25, -0.2) is 0 Å². The van der Waals surface area contributed by atoms with Crippen LogP contribution in [0, 0.1) is 0 Å². The second-order valence-electron chi connectivity index (χ2n) is 14.3. The number of hydrogen-bond acceptors (Lipinski definition) is 20. The number of sulfonamides is 4. The molecule has 4 saturated heterocycles. The van der Waals surface area contributed by atoms with E-state index in [0.717, 1.165) is 24.3 Å². The molecule has 4 fully saturated rings. The minimum absolute atomic E-state index is 0. The molecule has 0 spiro atoms. The number of hydrogen-bond donors (Lipinski definition) is 0. The number of ether oxygens (including phenoxy) is 8. The Morgan fingerprint density at radius 1 is 0.481 bits per heavy atom. The van der Waals surface area contributed by atoms with Crippen LogP contribution in [0.3, 0.4) is 0 Å². The maximum Gasteiger partial charge on any atom is 1.00 e. The van der Waals surface area contributed by atoms with Crippen LogP contribution in [0.2, 0.25) is 0 Å². The minimum atomic E-state index is -5.86. The van der Waals surface area contributed by atoms with Crippen LogP contribution in [-0.2, 0) is 90.9 Å². The van der Waals surface area contributed by atoms with Crippen molar-refractivity contribution in [2.45, 2.75) is 52.9 Å². The van der Waals surface area contributed by atoms with Gasteiger partial charge in [0.15, 0.2) is 0 Å². The van der Waals surface area contributed by atoms with Crippen molar-refractivity contribution in [2.24, 2.45) is 17.6 Å². The molecule has 0 radical (unpaired) electrons. The predicted octanol–water partition coefficient (Wildman–Crippen LogP) is -9.74. The van der Waals surface area contributed by atoms with Gasteiger partial charge in [0.1, 0.15) is 49.1 Å². The molecule has 79 heavy (non-hydrogen) atoms. The van der Waals surface area contributed by atoms with Crippen molar-refractivity contribution in [1.29, 1.82) is 0 Å². The van der Waals surface area contributed by atoms with E-state index >= 15 is 0 Å². The zero-order chi connectivity index (χ0) is 56.8. The smallest absolute Gasteiger partial charge is 0.861 e. The van der Waals surface area contributed by atoms with E-state index in [2.05, 4.69) is 22.7 Å². The van der Waals surface area contributed by atoms with E-state index in [9.17, 15) is 107 Å². The van der Waals surface area contributed by atoms with Gasteiger partial charge < -0.3 is 58.3 Å². The Labute approximate surface area is 583 Å². The fourth-order valence-corrected chi connectivity index (χ4v) is 5.71. The second-order valence-corrected chi connectivity index (χ2v) is 20.7. The van der Waals surface area contributed by atoms with Crippen molar-refractivity contribution >= 4 is 63.7 Å². The maximum atomic E-state index is 12.1. The zero-order valence-electron chi connectivity index (χ0n) is 40.1. The molecule has 44 heteroatoms. The van der Waals surface area contributed by atoms with Gasteiger partial charge >= 0.3 is 239 Å². The summed E-state index contributed by atoms with van der Waals surface area (Å²) in [5, 5.41) is 44.4. The largest absolute Gasteiger partial charge is 1.00 e. The van der Waals surface area contributed by atoms with Gasteiger partial charge in [-0.1, -0.05) is 24.3 Å². The molecular formula is C35H34AgF12K3N4O20S4. The third-order valence-corrected chi connectivity index (χ3v) is 12.0. The molecule has 0 bridgehead atoms. The van der Waals surface area contributed by atoms with Crippen LogP contribution >= 0.6 is 0 Å². The van der Waals surface area contributed by atoms with E-state index in [0.29, 0.717) is 38.8 Å². The Hall–Kier alpha value is 0.289. The van der Waals surface area contributed by atoms with Crippen LogP contribution < -0.4 is 184 Å². The van der Waals surface area contributed by atoms with E-state index in [4.69, 9.17) is 28.4 Å². The Bertz CT molecular complexity index is 2820. The molecular weight excluding hydrogens is 1380 g/mol. The van der Waals surface area contributed by atoms with Crippen LogP contribution in [0.5, 0.6) is 11.5 Å². The van der Waals surface area contributed by atoms with Gasteiger partial charge in [0.25, 0.3) is 0 Å². The summed E-state index contributed by atoms with van der Waals surface area (Å²) in [6, 6.07) is 9.96. The molecule has 4 heterocycles. The molecule has 0 aromatic heterocycles. The van der Waals surface area contributed by atoms with Gasteiger partial charge in [-0.05, 0) is 47.7 Å². The van der Waals surface area contributed by atoms with E-state index in [1.54, 1.807) is 0 Å². The zero-order valence-corrected chi connectivity index (χ0v) is 54.2. The van der Waals surface area contributed by atoms with E-state index in [1.807, 2.05) is 4.40 Å². The molecule has 2 aromatic carbocycles. The summed E-state index contributed by atoms with van der Waals surface area (Å²) in [5.74, 6) is -5.32. The number of benzene rings is 2. The monoisotopic (exact) mass is 1410 g/mol. The first-order valence-electron chi connectivity index (χ1n) is 19.7.